The molecule has 110 valence electrons. The van der Waals surface area contributed by atoms with Crippen LogP contribution in [0.5, 0.6) is 0 Å². The lowest BCUT2D eigenvalue weighted by atomic mass is 9.87. The van der Waals surface area contributed by atoms with Gasteiger partial charge in [0.2, 0.25) is 5.91 Å². The lowest BCUT2D eigenvalue weighted by molar-refractivity contribution is -0.128. The van der Waals surface area contributed by atoms with Crippen LogP contribution in [-0.2, 0) is 9.53 Å². The average Bonchev–Trinajstić information content (AvgIpc) is 2.64. The molecule has 2 rings (SSSR count). The van der Waals surface area contributed by atoms with Crippen molar-refractivity contribution < 1.29 is 9.53 Å². The molecule has 0 aliphatic carbocycles. The third-order valence-corrected chi connectivity index (χ3v) is 4.96. The van der Waals surface area contributed by atoms with Crippen LogP contribution in [-0.4, -0.2) is 37.2 Å². The quantitative estimate of drug-likeness (QED) is 0.816. The van der Waals surface area contributed by atoms with Crippen molar-refractivity contribution in [3.63, 3.8) is 0 Å². The zero-order valence-corrected chi connectivity index (χ0v) is 12.6. The number of piperidine rings is 1. The molecule has 0 aromatic heterocycles. The van der Waals surface area contributed by atoms with Gasteiger partial charge in [0.15, 0.2) is 0 Å². The number of rotatable bonds is 3. The van der Waals surface area contributed by atoms with Crippen molar-refractivity contribution in [2.75, 3.05) is 13.1 Å². The monoisotopic (exact) mass is 268 g/mol. The van der Waals surface area contributed by atoms with Gasteiger partial charge in [-0.2, -0.15) is 0 Å². The summed E-state index contributed by atoms with van der Waals surface area (Å²) in [6.07, 6.45) is 2.62. The Morgan fingerprint density at radius 2 is 2.05 bits per heavy atom. The summed E-state index contributed by atoms with van der Waals surface area (Å²) in [5, 5.41) is 6.62. The van der Waals surface area contributed by atoms with Gasteiger partial charge in [0.1, 0.15) is 0 Å². The van der Waals surface area contributed by atoms with Gasteiger partial charge in [-0.15, -0.1) is 0 Å². The maximum atomic E-state index is 12.5. The normalized spacial score (nSPS) is 40.9. The summed E-state index contributed by atoms with van der Waals surface area (Å²) >= 11 is 0. The lowest BCUT2D eigenvalue weighted by Gasteiger charge is -2.30. The zero-order valence-electron chi connectivity index (χ0n) is 12.6. The molecular formula is C15H28N2O2. The molecule has 2 N–H and O–H groups in total. The first-order valence-corrected chi connectivity index (χ1v) is 7.67. The third kappa shape index (κ3) is 3.29. The van der Waals surface area contributed by atoms with Gasteiger partial charge in [-0.25, -0.2) is 0 Å². The van der Waals surface area contributed by atoms with E-state index < -0.39 is 0 Å². The van der Waals surface area contributed by atoms with Crippen LogP contribution in [0, 0.1) is 17.8 Å². The predicted octanol–water partition coefficient (Wildman–Crippen LogP) is 1.55. The SMILES string of the molecule is CC(NC(=O)C1C(C)OC(C)C1C)C1CCCNC1. The highest BCUT2D eigenvalue weighted by Gasteiger charge is 2.42. The second-order valence-corrected chi connectivity index (χ2v) is 6.33. The van der Waals surface area contributed by atoms with Gasteiger partial charge in [0, 0.05) is 6.04 Å². The van der Waals surface area contributed by atoms with Crippen molar-refractivity contribution in [1.82, 2.24) is 10.6 Å². The fourth-order valence-electron chi connectivity index (χ4n) is 3.46. The molecule has 6 unspecified atom stereocenters. The van der Waals surface area contributed by atoms with E-state index in [2.05, 4.69) is 31.4 Å². The highest BCUT2D eigenvalue weighted by molar-refractivity contribution is 5.80. The van der Waals surface area contributed by atoms with Crippen LogP contribution in [0.2, 0.25) is 0 Å². The van der Waals surface area contributed by atoms with Gasteiger partial charge < -0.3 is 15.4 Å². The molecule has 2 saturated heterocycles. The Kier molecular flexibility index (Phi) is 4.85. The van der Waals surface area contributed by atoms with E-state index >= 15 is 0 Å². The maximum absolute atomic E-state index is 12.5. The minimum atomic E-state index is -0.00556. The molecule has 0 spiro atoms. The van der Waals surface area contributed by atoms with E-state index in [1.165, 1.54) is 12.8 Å². The average molecular weight is 268 g/mol. The van der Waals surface area contributed by atoms with Gasteiger partial charge in [-0.3, -0.25) is 4.79 Å². The molecule has 0 saturated carbocycles. The van der Waals surface area contributed by atoms with E-state index in [4.69, 9.17) is 4.74 Å². The van der Waals surface area contributed by atoms with Gasteiger partial charge in [0.05, 0.1) is 18.1 Å². The Labute approximate surface area is 116 Å². The Morgan fingerprint density at radius 1 is 1.32 bits per heavy atom. The number of hydrogen-bond acceptors (Lipinski definition) is 3. The summed E-state index contributed by atoms with van der Waals surface area (Å²) in [5.41, 5.74) is 0. The third-order valence-electron chi connectivity index (χ3n) is 4.96. The second kappa shape index (κ2) is 6.23. The van der Waals surface area contributed by atoms with Crippen molar-refractivity contribution in [2.45, 2.75) is 58.8 Å². The molecule has 0 aromatic rings. The van der Waals surface area contributed by atoms with Crippen LogP contribution in [0.25, 0.3) is 0 Å². The lowest BCUT2D eigenvalue weighted by Crippen LogP contribution is -2.48. The standard InChI is InChI=1S/C15H28N2O2/c1-9-11(3)19-12(4)14(9)15(18)17-10(2)13-6-5-7-16-8-13/h9-14,16H,5-8H2,1-4H3,(H,17,18). The maximum Gasteiger partial charge on any atom is 0.226 e. The molecule has 19 heavy (non-hydrogen) atoms. The van der Waals surface area contributed by atoms with Gasteiger partial charge in [-0.05, 0) is 58.5 Å². The topological polar surface area (TPSA) is 50.4 Å². The van der Waals surface area contributed by atoms with Crippen molar-refractivity contribution in [3.8, 4) is 0 Å². The van der Waals surface area contributed by atoms with Crippen molar-refractivity contribution in [3.05, 3.63) is 0 Å². The molecule has 0 bridgehead atoms. The molecule has 4 heteroatoms. The number of carbonyl (C=O) groups excluding carboxylic acids is 1. The second-order valence-electron chi connectivity index (χ2n) is 6.33. The molecular weight excluding hydrogens is 240 g/mol. The minimum absolute atomic E-state index is 0.00556. The molecule has 2 aliphatic heterocycles. The summed E-state index contributed by atoms with van der Waals surface area (Å²) in [5.74, 6) is 1.02. The van der Waals surface area contributed by atoms with E-state index in [9.17, 15) is 4.79 Å². The highest BCUT2D eigenvalue weighted by atomic mass is 16.5. The zero-order chi connectivity index (χ0) is 14.0. The van der Waals surface area contributed by atoms with Crippen LogP contribution < -0.4 is 10.6 Å². The summed E-state index contributed by atoms with van der Waals surface area (Å²) in [6, 6.07) is 0.246. The van der Waals surface area contributed by atoms with E-state index in [1.54, 1.807) is 0 Å². The molecule has 4 nitrogen and oxygen atoms in total. The van der Waals surface area contributed by atoms with E-state index in [0.29, 0.717) is 11.8 Å². The van der Waals surface area contributed by atoms with Crippen LogP contribution in [0.15, 0.2) is 0 Å². The summed E-state index contributed by atoms with van der Waals surface area (Å²) in [6.45, 7) is 10.4. The predicted molar refractivity (Wildman–Crippen MR) is 75.9 cm³/mol. The van der Waals surface area contributed by atoms with Crippen molar-refractivity contribution in [2.24, 2.45) is 17.8 Å². The fourth-order valence-corrected chi connectivity index (χ4v) is 3.46. The first-order chi connectivity index (χ1) is 9.00. The fraction of sp³-hybridized carbons (Fsp3) is 0.933. The van der Waals surface area contributed by atoms with E-state index in [1.807, 2.05) is 6.92 Å². The molecule has 0 aromatic carbocycles. The number of hydrogen-bond donors (Lipinski definition) is 2. The first kappa shape index (κ1) is 14.8. The van der Waals surface area contributed by atoms with Crippen LogP contribution in [0.3, 0.4) is 0 Å². The number of nitrogens with one attached hydrogen (secondary N) is 2. The minimum Gasteiger partial charge on any atom is -0.374 e. The summed E-state index contributed by atoms with van der Waals surface area (Å²) < 4.78 is 5.76. The summed E-state index contributed by atoms with van der Waals surface area (Å²) in [7, 11) is 0. The van der Waals surface area contributed by atoms with Crippen molar-refractivity contribution in [1.29, 1.82) is 0 Å². The Balaban J connectivity index is 1.89. The van der Waals surface area contributed by atoms with Crippen LogP contribution >= 0.6 is 0 Å². The van der Waals surface area contributed by atoms with Crippen molar-refractivity contribution >= 4 is 5.91 Å². The molecule has 6 atom stereocenters. The van der Waals surface area contributed by atoms with E-state index in [0.717, 1.165) is 13.1 Å². The molecule has 1 amide bonds. The van der Waals surface area contributed by atoms with Crippen LogP contribution in [0.4, 0.5) is 0 Å². The van der Waals surface area contributed by atoms with E-state index in [-0.39, 0.29) is 30.1 Å². The number of carbonyl (C=O) groups is 1. The molecule has 0 radical (unpaired) electrons. The van der Waals surface area contributed by atoms with Crippen LogP contribution in [0.1, 0.15) is 40.5 Å². The Bertz CT molecular complexity index is 315. The van der Waals surface area contributed by atoms with Gasteiger partial charge in [0.25, 0.3) is 0 Å². The Morgan fingerprint density at radius 3 is 2.58 bits per heavy atom. The van der Waals surface area contributed by atoms with Gasteiger partial charge in [-0.1, -0.05) is 6.92 Å². The number of ether oxygens (including phenoxy) is 1. The smallest absolute Gasteiger partial charge is 0.226 e. The Hall–Kier alpha value is -0.610. The summed E-state index contributed by atoms with van der Waals surface area (Å²) in [4.78, 5) is 12.5. The van der Waals surface area contributed by atoms with Gasteiger partial charge >= 0.3 is 0 Å². The first-order valence-electron chi connectivity index (χ1n) is 7.67. The molecule has 2 heterocycles. The largest absolute Gasteiger partial charge is 0.374 e. The molecule has 2 fully saturated rings. The number of amides is 1. The highest BCUT2D eigenvalue weighted by Crippen LogP contribution is 2.32. The molecule has 2 aliphatic rings.